The molecule has 1 aliphatic heterocycles. The zero-order valence-corrected chi connectivity index (χ0v) is 15.7. The average Bonchev–Trinajstić information content (AvgIpc) is 3.11. The fourth-order valence-electron chi connectivity index (χ4n) is 2.53. The first-order chi connectivity index (χ1) is 11.2. The first-order valence-electron chi connectivity index (χ1n) is 7.60. The molecule has 1 aromatic heterocycles. The third-order valence-electron chi connectivity index (χ3n) is 4.08. The Hall–Kier alpha value is -1.54. The van der Waals surface area contributed by atoms with Gasteiger partial charge in [0, 0.05) is 23.5 Å². The van der Waals surface area contributed by atoms with Crippen molar-refractivity contribution in [2.24, 2.45) is 11.7 Å². The first-order valence-corrected chi connectivity index (χ1v) is 8.48. The summed E-state index contributed by atoms with van der Waals surface area (Å²) in [6.07, 6.45) is 2.34. The molecule has 1 atom stereocenters. The Balaban J connectivity index is 0.00000113. The zero-order chi connectivity index (χ0) is 15.8. The molecule has 1 saturated carbocycles. The molecular formula is C16H19Cl2N3O3S. The van der Waals surface area contributed by atoms with Crippen LogP contribution in [0, 0.1) is 5.92 Å². The molecule has 0 radical (unpaired) electrons. The molecule has 1 amide bonds. The third kappa shape index (κ3) is 4.36. The summed E-state index contributed by atoms with van der Waals surface area (Å²) in [5, 5.41) is 5.40. The van der Waals surface area contributed by atoms with Crippen LogP contribution in [-0.4, -0.2) is 30.3 Å². The molecule has 3 N–H and O–H groups in total. The Labute approximate surface area is 161 Å². The van der Waals surface area contributed by atoms with E-state index in [0.29, 0.717) is 23.9 Å². The minimum atomic E-state index is -0.177. The second-order valence-electron chi connectivity index (χ2n) is 5.82. The molecule has 136 valence electrons. The average molecular weight is 404 g/mol. The van der Waals surface area contributed by atoms with Crippen LogP contribution in [0.5, 0.6) is 11.5 Å². The van der Waals surface area contributed by atoms with Gasteiger partial charge in [-0.15, -0.1) is 36.2 Å². The van der Waals surface area contributed by atoms with Crippen LogP contribution in [0.15, 0.2) is 23.6 Å². The van der Waals surface area contributed by atoms with E-state index in [1.54, 1.807) is 5.38 Å². The van der Waals surface area contributed by atoms with Gasteiger partial charge in [0.2, 0.25) is 6.79 Å². The lowest BCUT2D eigenvalue weighted by Crippen LogP contribution is -2.38. The number of rotatable bonds is 5. The number of nitrogens with two attached hydrogens (primary N) is 1. The van der Waals surface area contributed by atoms with E-state index >= 15 is 0 Å². The molecule has 25 heavy (non-hydrogen) atoms. The van der Waals surface area contributed by atoms with Gasteiger partial charge in [-0.25, -0.2) is 4.98 Å². The van der Waals surface area contributed by atoms with Crippen LogP contribution in [-0.2, 0) is 0 Å². The number of benzene rings is 1. The zero-order valence-electron chi connectivity index (χ0n) is 13.3. The minimum absolute atomic E-state index is 0. The molecule has 2 heterocycles. The number of halogens is 2. The molecule has 1 aliphatic carbocycles. The molecule has 1 aromatic carbocycles. The molecule has 0 spiro atoms. The number of thiazole rings is 1. The fraction of sp³-hybridized carbons (Fsp3) is 0.375. The van der Waals surface area contributed by atoms with Gasteiger partial charge in [0.25, 0.3) is 5.91 Å². The smallest absolute Gasteiger partial charge is 0.270 e. The van der Waals surface area contributed by atoms with Crippen molar-refractivity contribution in [3.05, 3.63) is 29.3 Å². The Bertz CT molecular complexity index is 752. The summed E-state index contributed by atoms with van der Waals surface area (Å²) in [7, 11) is 0. The standard InChI is InChI=1S/C16H17N3O3S.2ClH/c17-11(9-1-2-9)6-18-15(20)12-7-23-16(19-12)10-3-4-13-14(5-10)22-8-21-13;;/h3-5,7,9,11H,1-2,6,8,17H2,(H,18,20);2*1H. The lowest BCUT2D eigenvalue weighted by Gasteiger charge is -2.10. The van der Waals surface area contributed by atoms with Gasteiger partial charge in [-0.05, 0) is 37.0 Å². The summed E-state index contributed by atoms with van der Waals surface area (Å²) >= 11 is 1.43. The quantitative estimate of drug-likeness (QED) is 0.801. The van der Waals surface area contributed by atoms with E-state index in [9.17, 15) is 4.79 Å². The van der Waals surface area contributed by atoms with Crippen molar-refractivity contribution in [2.75, 3.05) is 13.3 Å². The highest BCUT2D eigenvalue weighted by Gasteiger charge is 2.28. The third-order valence-corrected chi connectivity index (χ3v) is 4.97. The molecule has 2 aromatic rings. The van der Waals surface area contributed by atoms with Crippen LogP contribution < -0.4 is 20.5 Å². The largest absolute Gasteiger partial charge is 0.454 e. The van der Waals surface area contributed by atoms with Gasteiger partial charge in [-0.3, -0.25) is 4.79 Å². The number of hydrogen-bond donors (Lipinski definition) is 2. The second-order valence-corrected chi connectivity index (χ2v) is 6.68. The molecule has 0 bridgehead atoms. The van der Waals surface area contributed by atoms with E-state index in [-0.39, 0.29) is 43.6 Å². The Kier molecular flexibility index (Phi) is 6.51. The van der Waals surface area contributed by atoms with Gasteiger partial charge in [0.1, 0.15) is 10.7 Å². The van der Waals surface area contributed by atoms with Crippen molar-refractivity contribution in [3.63, 3.8) is 0 Å². The number of carbonyl (C=O) groups is 1. The number of fused-ring (bicyclic) bond motifs is 1. The molecule has 9 heteroatoms. The van der Waals surface area contributed by atoms with Crippen molar-refractivity contribution < 1.29 is 14.3 Å². The number of nitrogens with zero attached hydrogens (tertiary/aromatic N) is 1. The fourth-order valence-corrected chi connectivity index (χ4v) is 3.33. The highest BCUT2D eigenvalue weighted by Crippen LogP contribution is 2.36. The summed E-state index contributed by atoms with van der Waals surface area (Å²) < 4.78 is 10.7. The van der Waals surface area contributed by atoms with Gasteiger partial charge in [-0.1, -0.05) is 0 Å². The van der Waals surface area contributed by atoms with Gasteiger partial charge in [0.05, 0.1) is 0 Å². The number of amides is 1. The van der Waals surface area contributed by atoms with E-state index < -0.39 is 0 Å². The first kappa shape index (κ1) is 19.8. The van der Waals surface area contributed by atoms with Gasteiger partial charge in [-0.2, -0.15) is 0 Å². The number of ether oxygens (including phenoxy) is 2. The molecule has 2 aliphatic rings. The summed E-state index contributed by atoms with van der Waals surface area (Å²) in [5.74, 6) is 1.83. The number of carbonyl (C=O) groups excluding carboxylic acids is 1. The van der Waals surface area contributed by atoms with Crippen molar-refractivity contribution in [1.82, 2.24) is 10.3 Å². The Morgan fingerprint density at radius 2 is 2.08 bits per heavy atom. The van der Waals surface area contributed by atoms with Crippen LogP contribution in [0.4, 0.5) is 0 Å². The lowest BCUT2D eigenvalue weighted by molar-refractivity contribution is 0.0946. The summed E-state index contributed by atoms with van der Waals surface area (Å²) in [6.45, 7) is 0.742. The molecule has 0 saturated heterocycles. The van der Waals surface area contributed by atoms with Crippen LogP contribution in [0.2, 0.25) is 0 Å². The van der Waals surface area contributed by atoms with Crippen molar-refractivity contribution in [3.8, 4) is 22.1 Å². The van der Waals surface area contributed by atoms with E-state index in [0.717, 1.165) is 16.3 Å². The van der Waals surface area contributed by atoms with Crippen LogP contribution >= 0.6 is 36.2 Å². The normalized spacial score (nSPS) is 15.7. The van der Waals surface area contributed by atoms with Crippen LogP contribution in [0.1, 0.15) is 23.3 Å². The van der Waals surface area contributed by atoms with Crippen LogP contribution in [0.25, 0.3) is 10.6 Å². The molecular weight excluding hydrogens is 385 g/mol. The van der Waals surface area contributed by atoms with E-state index in [2.05, 4.69) is 10.3 Å². The SMILES string of the molecule is Cl.Cl.NC(CNC(=O)c1csc(-c2ccc3c(c2)OCO3)n1)C1CC1. The maximum absolute atomic E-state index is 12.2. The summed E-state index contributed by atoms with van der Waals surface area (Å²) in [5.41, 5.74) is 7.33. The minimum Gasteiger partial charge on any atom is -0.454 e. The van der Waals surface area contributed by atoms with Crippen LogP contribution in [0.3, 0.4) is 0 Å². The van der Waals surface area contributed by atoms with Gasteiger partial charge in [0.15, 0.2) is 11.5 Å². The maximum Gasteiger partial charge on any atom is 0.270 e. The van der Waals surface area contributed by atoms with Crippen molar-refractivity contribution in [1.29, 1.82) is 0 Å². The molecule has 4 rings (SSSR count). The highest BCUT2D eigenvalue weighted by atomic mass is 35.5. The van der Waals surface area contributed by atoms with Crippen molar-refractivity contribution >= 4 is 42.1 Å². The number of aromatic nitrogens is 1. The number of nitrogens with one attached hydrogen (secondary N) is 1. The molecule has 1 fully saturated rings. The van der Waals surface area contributed by atoms with E-state index in [1.165, 1.54) is 24.2 Å². The Morgan fingerprint density at radius 3 is 2.84 bits per heavy atom. The lowest BCUT2D eigenvalue weighted by atomic mass is 10.2. The molecule has 6 nitrogen and oxygen atoms in total. The topological polar surface area (TPSA) is 86.5 Å². The maximum atomic E-state index is 12.2. The van der Waals surface area contributed by atoms with Gasteiger partial charge >= 0.3 is 0 Å². The summed E-state index contributed by atoms with van der Waals surface area (Å²) in [6, 6.07) is 5.70. The Morgan fingerprint density at radius 1 is 1.32 bits per heavy atom. The summed E-state index contributed by atoms with van der Waals surface area (Å²) in [4.78, 5) is 16.6. The molecule has 1 unspecified atom stereocenters. The van der Waals surface area contributed by atoms with E-state index in [4.69, 9.17) is 15.2 Å². The van der Waals surface area contributed by atoms with Crippen molar-refractivity contribution in [2.45, 2.75) is 18.9 Å². The number of hydrogen-bond acceptors (Lipinski definition) is 6. The van der Waals surface area contributed by atoms with E-state index in [1.807, 2.05) is 18.2 Å². The second kappa shape index (κ2) is 8.23. The predicted octanol–water partition coefficient (Wildman–Crippen LogP) is 2.85. The predicted molar refractivity (Wildman–Crippen MR) is 101 cm³/mol. The highest BCUT2D eigenvalue weighted by molar-refractivity contribution is 7.13. The van der Waals surface area contributed by atoms with Gasteiger partial charge < -0.3 is 20.5 Å². The monoisotopic (exact) mass is 403 g/mol.